The summed E-state index contributed by atoms with van der Waals surface area (Å²) in [6.45, 7) is 0.897. The Morgan fingerprint density at radius 1 is 1.52 bits per heavy atom. The van der Waals surface area contributed by atoms with E-state index in [0.717, 1.165) is 19.3 Å². The number of rotatable bonds is 5. The molecule has 0 bridgehead atoms. The summed E-state index contributed by atoms with van der Waals surface area (Å²) in [5, 5.41) is 2.62. The van der Waals surface area contributed by atoms with Crippen molar-refractivity contribution in [3.05, 3.63) is 28.5 Å². The standard InChI is InChI=1S/C15H21BrFN3O/c1-20(14-4-2-3-10(14)8-18)9-15(21)19-13-6-5-11(16)7-12(13)17/h5-7,10,14H,2-4,8-9,18H2,1H3,(H,19,21). The number of anilines is 1. The summed E-state index contributed by atoms with van der Waals surface area (Å²) in [6, 6.07) is 4.93. The molecule has 1 amide bonds. The molecular weight excluding hydrogens is 337 g/mol. The molecule has 1 fully saturated rings. The first kappa shape index (κ1) is 16.4. The molecule has 1 aliphatic carbocycles. The van der Waals surface area contributed by atoms with Gasteiger partial charge in [-0.1, -0.05) is 22.4 Å². The van der Waals surface area contributed by atoms with E-state index in [1.807, 2.05) is 11.9 Å². The highest BCUT2D eigenvalue weighted by Crippen LogP contribution is 2.28. The second kappa shape index (κ2) is 7.33. The van der Waals surface area contributed by atoms with Gasteiger partial charge in [0.1, 0.15) is 5.82 Å². The SMILES string of the molecule is CN(CC(=O)Nc1ccc(Br)cc1F)C1CCCC1CN. The normalized spacial score (nSPS) is 21.8. The smallest absolute Gasteiger partial charge is 0.238 e. The van der Waals surface area contributed by atoms with E-state index < -0.39 is 5.82 Å². The molecule has 0 aromatic heterocycles. The molecule has 2 unspecified atom stereocenters. The lowest BCUT2D eigenvalue weighted by molar-refractivity contribution is -0.117. The summed E-state index contributed by atoms with van der Waals surface area (Å²) in [4.78, 5) is 14.1. The number of halogens is 2. The van der Waals surface area contributed by atoms with Crippen LogP contribution in [0.15, 0.2) is 22.7 Å². The summed E-state index contributed by atoms with van der Waals surface area (Å²) in [6.07, 6.45) is 3.34. The van der Waals surface area contributed by atoms with Gasteiger partial charge in [0.25, 0.3) is 0 Å². The zero-order valence-corrected chi connectivity index (χ0v) is 13.7. The Hall–Kier alpha value is -0.980. The maximum atomic E-state index is 13.7. The molecule has 0 heterocycles. The molecule has 21 heavy (non-hydrogen) atoms. The molecule has 1 aliphatic rings. The molecule has 0 saturated heterocycles. The topological polar surface area (TPSA) is 58.4 Å². The average Bonchev–Trinajstić information content (AvgIpc) is 2.90. The van der Waals surface area contributed by atoms with Crippen LogP contribution >= 0.6 is 15.9 Å². The first-order valence-electron chi connectivity index (χ1n) is 7.16. The average molecular weight is 358 g/mol. The lowest BCUT2D eigenvalue weighted by atomic mass is 10.0. The predicted octanol–water partition coefficient (Wildman–Crippen LogP) is 2.59. The zero-order valence-electron chi connectivity index (χ0n) is 12.1. The first-order valence-corrected chi connectivity index (χ1v) is 7.95. The minimum Gasteiger partial charge on any atom is -0.330 e. The Kier molecular flexibility index (Phi) is 5.72. The van der Waals surface area contributed by atoms with Gasteiger partial charge in [0.15, 0.2) is 0 Å². The Morgan fingerprint density at radius 2 is 2.29 bits per heavy atom. The zero-order chi connectivity index (χ0) is 15.4. The second-order valence-corrected chi connectivity index (χ2v) is 6.50. The number of hydrogen-bond acceptors (Lipinski definition) is 3. The van der Waals surface area contributed by atoms with E-state index in [1.54, 1.807) is 12.1 Å². The summed E-state index contributed by atoms with van der Waals surface area (Å²) in [5.41, 5.74) is 5.98. The van der Waals surface area contributed by atoms with Crippen molar-refractivity contribution in [3.8, 4) is 0 Å². The van der Waals surface area contributed by atoms with Gasteiger partial charge in [-0.15, -0.1) is 0 Å². The van der Waals surface area contributed by atoms with Gasteiger partial charge in [0.05, 0.1) is 12.2 Å². The van der Waals surface area contributed by atoms with Crippen LogP contribution in [0.3, 0.4) is 0 Å². The number of benzene rings is 1. The molecule has 6 heteroatoms. The van der Waals surface area contributed by atoms with E-state index in [2.05, 4.69) is 21.2 Å². The third-order valence-corrected chi connectivity index (χ3v) is 4.58. The first-order chi connectivity index (χ1) is 10.0. The molecule has 2 rings (SSSR count). The maximum Gasteiger partial charge on any atom is 0.238 e. The minimum atomic E-state index is -0.443. The number of carbonyl (C=O) groups is 1. The molecule has 4 nitrogen and oxygen atoms in total. The minimum absolute atomic E-state index is 0.207. The van der Waals surface area contributed by atoms with Crippen molar-refractivity contribution >= 4 is 27.5 Å². The predicted molar refractivity (Wildman–Crippen MR) is 85.5 cm³/mol. The van der Waals surface area contributed by atoms with Gasteiger partial charge in [0, 0.05) is 10.5 Å². The van der Waals surface area contributed by atoms with Gasteiger partial charge < -0.3 is 11.1 Å². The lowest BCUT2D eigenvalue weighted by Gasteiger charge is -2.28. The van der Waals surface area contributed by atoms with Crippen LogP contribution in [0.2, 0.25) is 0 Å². The monoisotopic (exact) mass is 357 g/mol. The van der Waals surface area contributed by atoms with Crippen molar-refractivity contribution in [2.45, 2.75) is 25.3 Å². The van der Waals surface area contributed by atoms with Crippen LogP contribution in [0, 0.1) is 11.7 Å². The molecule has 0 aliphatic heterocycles. The largest absolute Gasteiger partial charge is 0.330 e. The van der Waals surface area contributed by atoms with Crippen molar-refractivity contribution in [3.63, 3.8) is 0 Å². The molecule has 0 radical (unpaired) electrons. The van der Waals surface area contributed by atoms with Crippen LogP contribution in [-0.4, -0.2) is 37.0 Å². The number of carbonyl (C=O) groups excluding carboxylic acids is 1. The van der Waals surface area contributed by atoms with Gasteiger partial charge in [0.2, 0.25) is 5.91 Å². The van der Waals surface area contributed by atoms with Crippen molar-refractivity contribution in [2.75, 3.05) is 25.5 Å². The van der Waals surface area contributed by atoms with E-state index in [0.29, 0.717) is 23.0 Å². The van der Waals surface area contributed by atoms with Crippen molar-refractivity contribution in [2.24, 2.45) is 11.7 Å². The number of nitrogens with one attached hydrogen (secondary N) is 1. The summed E-state index contributed by atoms with van der Waals surface area (Å²) < 4.78 is 14.3. The Labute approximate surface area is 133 Å². The van der Waals surface area contributed by atoms with Crippen molar-refractivity contribution in [1.29, 1.82) is 0 Å². The number of likely N-dealkylation sites (N-methyl/N-ethyl adjacent to an activating group) is 1. The van der Waals surface area contributed by atoms with Gasteiger partial charge in [-0.25, -0.2) is 4.39 Å². The fourth-order valence-electron chi connectivity index (χ4n) is 3.00. The summed E-state index contributed by atoms with van der Waals surface area (Å²) >= 11 is 3.19. The maximum absolute atomic E-state index is 13.7. The number of nitrogens with zero attached hydrogens (tertiary/aromatic N) is 1. The fourth-order valence-corrected chi connectivity index (χ4v) is 3.33. The summed E-state index contributed by atoms with van der Waals surface area (Å²) in [5.74, 6) is -0.199. The number of nitrogens with two attached hydrogens (primary N) is 1. The van der Waals surface area contributed by atoms with Crippen molar-refractivity contribution in [1.82, 2.24) is 4.90 Å². The van der Waals surface area contributed by atoms with Gasteiger partial charge in [-0.3, -0.25) is 9.69 Å². The van der Waals surface area contributed by atoms with Gasteiger partial charge in [-0.05, 0) is 50.6 Å². The molecule has 1 aromatic carbocycles. The van der Waals surface area contributed by atoms with Gasteiger partial charge in [-0.2, -0.15) is 0 Å². The molecule has 3 N–H and O–H groups in total. The fraction of sp³-hybridized carbons (Fsp3) is 0.533. The Bertz CT molecular complexity index is 512. The summed E-state index contributed by atoms with van der Waals surface area (Å²) in [7, 11) is 1.93. The van der Waals surface area contributed by atoms with E-state index in [1.165, 1.54) is 6.07 Å². The highest BCUT2D eigenvalue weighted by atomic mass is 79.9. The number of amides is 1. The third-order valence-electron chi connectivity index (χ3n) is 4.09. The van der Waals surface area contributed by atoms with Crippen LogP contribution in [0.25, 0.3) is 0 Å². The van der Waals surface area contributed by atoms with E-state index in [-0.39, 0.29) is 18.1 Å². The van der Waals surface area contributed by atoms with Crippen LogP contribution in [-0.2, 0) is 4.79 Å². The lowest BCUT2D eigenvalue weighted by Crippen LogP contribution is -2.41. The van der Waals surface area contributed by atoms with Gasteiger partial charge >= 0.3 is 0 Å². The van der Waals surface area contributed by atoms with Crippen LogP contribution in [0.4, 0.5) is 10.1 Å². The highest BCUT2D eigenvalue weighted by molar-refractivity contribution is 9.10. The molecule has 1 aromatic rings. The molecule has 0 spiro atoms. The quantitative estimate of drug-likeness (QED) is 0.851. The third kappa shape index (κ3) is 4.25. The molecule has 2 atom stereocenters. The Balaban J connectivity index is 1.92. The van der Waals surface area contributed by atoms with Crippen LogP contribution in [0.5, 0.6) is 0 Å². The highest BCUT2D eigenvalue weighted by Gasteiger charge is 2.30. The van der Waals surface area contributed by atoms with E-state index >= 15 is 0 Å². The van der Waals surface area contributed by atoms with E-state index in [4.69, 9.17) is 5.73 Å². The Morgan fingerprint density at radius 3 is 2.95 bits per heavy atom. The second-order valence-electron chi connectivity index (χ2n) is 5.58. The van der Waals surface area contributed by atoms with Crippen LogP contribution < -0.4 is 11.1 Å². The molecular formula is C15H21BrFN3O. The van der Waals surface area contributed by atoms with E-state index in [9.17, 15) is 9.18 Å². The number of hydrogen-bond donors (Lipinski definition) is 2. The molecule has 116 valence electrons. The van der Waals surface area contributed by atoms with Crippen molar-refractivity contribution < 1.29 is 9.18 Å². The molecule has 1 saturated carbocycles. The van der Waals surface area contributed by atoms with Crippen LogP contribution in [0.1, 0.15) is 19.3 Å².